The van der Waals surface area contributed by atoms with Gasteiger partial charge in [0.1, 0.15) is 0 Å². The molecule has 0 aromatic carbocycles. The summed E-state index contributed by atoms with van der Waals surface area (Å²) in [6, 6.07) is 0. The van der Waals surface area contributed by atoms with E-state index in [-0.39, 0.29) is 36.3 Å². The van der Waals surface area contributed by atoms with Crippen molar-refractivity contribution in [2.75, 3.05) is 33.7 Å². The number of hydrogen-bond donors (Lipinski definition) is 2. The highest BCUT2D eigenvalue weighted by Crippen LogP contribution is 2.22. The van der Waals surface area contributed by atoms with Crippen molar-refractivity contribution in [2.45, 2.75) is 45.6 Å². The van der Waals surface area contributed by atoms with E-state index in [2.05, 4.69) is 36.3 Å². The number of piperidine rings is 1. The maximum absolute atomic E-state index is 12.0. The average Bonchev–Trinajstić information content (AvgIpc) is 2.37. The van der Waals surface area contributed by atoms with Crippen molar-refractivity contribution in [3.63, 3.8) is 0 Å². The van der Waals surface area contributed by atoms with Crippen LogP contribution in [0.25, 0.3) is 0 Å². The Hall–Kier alpha value is -0.0300. The first-order chi connectivity index (χ1) is 8.83. The van der Waals surface area contributed by atoms with Crippen molar-refractivity contribution in [3.8, 4) is 0 Å². The Balaban J connectivity index is 0. The van der Waals surface area contributed by atoms with Gasteiger partial charge in [-0.05, 0) is 65.7 Å². The molecule has 1 rings (SSSR count). The van der Waals surface area contributed by atoms with Crippen LogP contribution in [0.5, 0.6) is 0 Å². The molecule has 1 amide bonds. The van der Waals surface area contributed by atoms with Crippen molar-refractivity contribution in [2.24, 2.45) is 11.8 Å². The number of halogens is 2. The van der Waals surface area contributed by atoms with Gasteiger partial charge < -0.3 is 15.5 Å². The molecule has 1 aliphatic rings. The Morgan fingerprint density at radius 3 is 2.48 bits per heavy atom. The fourth-order valence-corrected chi connectivity index (χ4v) is 2.37. The molecule has 0 aromatic heterocycles. The second-order valence-electron chi connectivity index (χ2n) is 6.77. The first-order valence-corrected chi connectivity index (χ1v) is 7.48. The van der Waals surface area contributed by atoms with Gasteiger partial charge in [0.05, 0.1) is 0 Å². The van der Waals surface area contributed by atoms with Gasteiger partial charge in [-0.3, -0.25) is 4.79 Å². The molecule has 0 bridgehead atoms. The van der Waals surface area contributed by atoms with Gasteiger partial charge in [0, 0.05) is 18.5 Å². The summed E-state index contributed by atoms with van der Waals surface area (Å²) in [6.45, 7) is 9.39. The van der Waals surface area contributed by atoms with Crippen LogP contribution in [0, 0.1) is 11.8 Å². The molecule has 1 aliphatic heterocycles. The van der Waals surface area contributed by atoms with Gasteiger partial charge in [0.25, 0.3) is 0 Å². The number of rotatable bonds is 6. The molecule has 4 nitrogen and oxygen atoms in total. The molecule has 0 saturated carbocycles. The summed E-state index contributed by atoms with van der Waals surface area (Å²) in [5, 5.41) is 6.50. The summed E-state index contributed by atoms with van der Waals surface area (Å²) in [6.07, 6.45) is 3.14. The van der Waals surface area contributed by atoms with Crippen molar-refractivity contribution >= 4 is 30.7 Å². The smallest absolute Gasteiger partial charge is 0.220 e. The van der Waals surface area contributed by atoms with Crippen molar-refractivity contribution in [3.05, 3.63) is 0 Å². The van der Waals surface area contributed by atoms with E-state index in [4.69, 9.17) is 0 Å². The normalized spacial score (nSPS) is 20.2. The summed E-state index contributed by atoms with van der Waals surface area (Å²) in [5.41, 5.74) is 0.00525. The minimum Gasteiger partial charge on any atom is -0.354 e. The van der Waals surface area contributed by atoms with E-state index < -0.39 is 0 Å². The molecule has 1 saturated heterocycles. The van der Waals surface area contributed by atoms with Crippen LogP contribution in [-0.4, -0.2) is 50.1 Å². The zero-order chi connectivity index (χ0) is 14.5. The molecule has 128 valence electrons. The average molecular weight is 342 g/mol. The van der Waals surface area contributed by atoms with E-state index in [0.717, 1.165) is 13.1 Å². The number of likely N-dealkylation sites (N-methyl/N-ethyl adjacent to an activating group) is 1. The number of carbonyl (C=O) groups excluding carboxylic acids is 1. The number of nitrogens with zero attached hydrogens (tertiary/aromatic N) is 1. The second-order valence-corrected chi connectivity index (χ2v) is 6.77. The number of hydrogen-bond acceptors (Lipinski definition) is 3. The minimum absolute atomic E-state index is 0. The molecule has 0 radical (unpaired) electrons. The third-order valence-electron chi connectivity index (χ3n) is 4.58. The highest BCUT2D eigenvalue weighted by Gasteiger charge is 2.24. The standard InChI is InChI=1S/C15H31N3O.2ClH/c1-12(13-7-6-8-16-10-13)9-14(19)17-11-15(2,3)18(4)5;;/h12-13,16H,6-11H2,1-5H3,(H,17,19);2*1H. The molecule has 1 heterocycles. The van der Waals surface area contributed by atoms with E-state index in [0.29, 0.717) is 24.8 Å². The molecule has 21 heavy (non-hydrogen) atoms. The van der Waals surface area contributed by atoms with Gasteiger partial charge in [0.15, 0.2) is 0 Å². The molecular weight excluding hydrogens is 309 g/mol. The van der Waals surface area contributed by atoms with Gasteiger partial charge >= 0.3 is 0 Å². The molecule has 6 heteroatoms. The molecule has 0 spiro atoms. The Kier molecular flexibility index (Phi) is 11.8. The quantitative estimate of drug-likeness (QED) is 0.779. The van der Waals surface area contributed by atoms with Gasteiger partial charge in [-0.15, -0.1) is 24.8 Å². The summed E-state index contributed by atoms with van der Waals surface area (Å²) >= 11 is 0. The van der Waals surface area contributed by atoms with Crippen molar-refractivity contribution in [1.82, 2.24) is 15.5 Å². The van der Waals surface area contributed by atoms with Crippen molar-refractivity contribution < 1.29 is 4.79 Å². The Bertz CT molecular complexity index is 293. The predicted octanol–water partition coefficient (Wildman–Crippen LogP) is 2.31. The molecular formula is C15H33Cl2N3O. The van der Waals surface area contributed by atoms with Crippen LogP contribution in [0.1, 0.15) is 40.0 Å². The lowest BCUT2D eigenvalue weighted by molar-refractivity contribution is -0.122. The Morgan fingerprint density at radius 2 is 2.00 bits per heavy atom. The predicted molar refractivity (Wildman–Crippen MR) is 94.6 cm³/mol. The van der Waals surface area contributed by atoms with Crippen LogP contribution in [0.3, 0.4) is 0 Å². The van der Waals surface area contributed by atoms with Crippen LogP contribution in [-0.2, 0) is 4.79 Å². The Morgan fingerprint density at radius 1 is 1.38 bits per heavy atom. The molecule has 1 fully saturated rings. The largest absolute Gasteiger partial charge is 0.354 e. The first kappa shape index (κ1) is 23.2. The topological polar surface area (TPSA) is 44.4 Å². The minimum atomic E-state index is 0. The SMILES string of the molecule is CC(CC(=O)NCC(C)(C)N(C)C)C1CCCNC1.Cl.Cl. The zero-order valence-electron chi connectivity index (χ0n) is 14.1. The van der Waals surface area contributed by atoms with E-state index in [9.17, 15) is 4.79 Å². The fraction of sp³-hybridized carbons (Fsp3) is 0.933. The molecule has 2 unspecified atom stereocenters. The van der Waals surface area contributed by atoms with Crippen LogP contribution in [0.15, 0.2) is 0 Å². The molecule has 0 aliphatic carbocycles. The van der Waals surface area contributed by atoms with E-state index in [1.54, 1.807) is 0 Å². The second kappa shape index (κ2) is 10.7. The van der Waals surface area contributed by atoms with E-state index >= 15 is 0 Å². The van der Waals surface area contributed by atoms with Crippen LogP contribution >= 0.6 is 24.8 Å². The van der Waals surface area contributed by atoms with Crippen LogP contribution in [0.2, 0.25) is 0 Å². The monoisotopic (exact) mass is 341 g/mol. The summed E-state index contributed by atoms with van der Waals surface area (Å²) in [7, 11) is 4.09. The summed E-state index contributed by atoms with van der Waals surface area (Å²) < 4.78 is 0. The van der Waals surface area contributed by atoms with E-state index in [1.807, 2.05) is 14.1 Å². The maximum Gasteiger partial charge on any atom is 0.220 e. The third kappa shape index (κ3) is 8.24. The zero-order valence-corrected chi connectivity index (χ0v) is 15.7. The van der Waals surface area contributed by atoms with Crippen LogP contribution < -0.4 is 10.6 Å². The lowest BCUT2D eigenvalue weighted by atomic mass is 9.85. The lowest BCUT2D eigenvalue weighted by Gasteiger charge is -2.33. The third-order valence-corrected chi connectivity index (χ3v) is 4.58. The van der Waals surface area contributed by atoms with Crippen LogP contribution in [0.4, 0.5) is 0 Å². The maximum atomic E-state index is 12.0. The first-order valence-electron chi connectivity index (χ1n) is 7.48. The van der Waals surface area contributed by atoms with Gasteiger partial charge in [0.2, 0.25) is 5.91 Å². The highest BCUT2D eigenvalue weighted by atomic mass is 35.5. The number of nitrogens with one attached hydrogen (secondary N) is 2. The highest BCUT2D eigenvalue weighted by molar-refractivity contribution is 5.85. The lowest BCUT2D eigenvalue weighted by Crippen LogP contribution is -2.48. The molecule has 2 N–H and O–H groups in total. The number of amides is 1. The summed E-state index contributed by atoms with van der Waals surface area (Å²) in [5.74, 6) is 1.31. The molecule has 2 atom stereocenters. The summed E-state index contributed by atoms with van der Waals surface area (Å²) in [4.78, 5) is 14.2. The number of carbonyl (C=O) groups is 1. The van der Waals surface area contributed by atoms with Gasteiger partial charge in [-0.25, -0.2) is 0 Å². The Labute approximate surface area is 142 Å². The van der Waals surface area contributed by atoms with E-state index in [1.165, 1.54) is 12.8 Å². The fourth-order valence-electron chi connectivity index (χ4n) is 2.37. The molecule has 0 aromatic rings. The van der Waals surface area contributed by atoms with Gasteiger partial charge in [-0.1, -0.05) is 6.92 Å². The van der Waals surface area contributed by atoms with Crippen molar-refractivity contribution in [1.29, 1.82) is 0 Å². The van der Waals surface area contributed by atoms with Gasteiger partial charge in [-0.2, -0.15) is 0 Å².